The number of nitrogens with zero attached hydrogens (tertiary/aromatic N) is 3. The Hall–Kier alpha value is -1.14. The molecule has 1 saturated carbocycles. The lowest BCUT2D eigenvalue weighted by atomic mass is 9.64. The van der Waals surface area contributed by atoms with Crippen LogP contribution in [0, 0.1) is 17.1 Å². The van der Waals surface area contributed by atoms with Gasteiger partial charge >= 0.3 is 0 Å². The highest BCUT2D eigenvalue weighted by Crippen LogP contribution is 2.52. The topological polar surface area (TPSA) is 47.8 Å². The number of ether oxygens (including phenoxy) is 1. The Labute approximate surface area is 123 Å². The molecule has 0 amide bonds. The molecule has 2 aromatic rings. The van der Waals surface area contributed by atoms with Gasteiger partial charge in [0.05, 0.1) is 11.8 Å². The van der Waals surface area contributed by atoms with Crippen molar-refractivity contribution in [2.75, 3.05) is 6.61 Å². The highest BCUT2D eigenvalue weighted by atomic mass is 32.1. The predicted octanol–water partition coefficient (Wildman–Crippen LogP) is 3.12. The third-order valence-corrected chi connectivity index (χ3v) is 4.98. The quantitative estimate of drug-likeness (QED) is 0.885. The zero-order valence-electron chi connectivity index (χ0n) is 12.7. The van der Waals surface area contributed by atoms with E-state index in [-0.39, 0.29) is 5.41 Å². The van der Waals surface area contributed by atoms with Crippen LogP contribution in [0.15, 0.2) is 0 Å². The van der Waals surface area contributed by atoms with Gasteiger partial charge in [0.1, 0.15) is 5.52 Å². The molecular formula is C14H22N4OS. The maximum Gasteiger partial charge on any atom is 0.179 e. The first-order chi connectivity index (χ1) is 9.37. The summed E-state index contributed by atoms with van der Waals surface area (Å²) in [6.07, 6.45) is 1.31. The van der Waals surface area contributed by atoms with E-state index in [1.165, 1.54) is 0 Å². The van der Waals surface area contributed by atoms with E-state index in [0.717, 1.165) is 34.7 Å². The van der Waals surface area contributed by atoms with Gasteiger partial charge in [-0.05, 0) is 32.5 Å². The molecule has 0 bridgehead atoms. The summed E-state index contributed by atoms with van der Waals surface area (Å²) < 4.78 is 10.8. The zero-order valence-corrected chi connectivity index (χ0v) is 13.5. The number of imidazole rings is 1. The van der Waals surface area contributed by atoms with Gasteiger partial charge in [0.25, 0.3) is 0 Å². The smallest absolute Gasteiger partial charge is 0.179 e. The van der Waals surface area contributed by atoms with Crippen LogP contribution >= 0.6 is 12.2 Å². The number of rotatable bonds is 3. The highest BCUT2D eigenvalue weighted by molar-refractivity contribution is 7.71. The molecule has 1 aliphatic carbocycles. The third kappa shape index (κ3) is 1.71. The largest absolute Gasteiger partial charge is 0.378 e. The van der Waals surface area contributed by atoms with E-state index in [2.05, 4.69) is 28.5 Å². The fourth-order valence-electron chi connectivity index (χ4n) is 3.41. The van der Waals surface area contributed by atoms with Crippen LogP contribution in [0.4, 0.5) is 0 Å². The summed E-state index contributed by atoms with van der Waals surface area (Å²) in [5, 5.41) is 4.48. The molecule has 0 aliphatic heterocycles. The zero-order chi connectivity index (χ0) is 14.7. The summed E-state index contributed by atoms with van der Waals surface area (Å²) in [6, 6.07) is 0.357. The molecule has 2 atom stereocenters. The number of fused-ring (bicyclic) bond motifs is 1. The molecule has 20 heavy (non-hydrogen) atoms. The van der Waals surface area contributed by atoms with Gasteiger partial charge in [-0.2, -0.15) is 5.10 Å². The van der Waals surface area contributed by atoms with Crippen molar-refractivity contribution in [1.82, 2.24) is 19.3 Å². The Morgan fingerprint density at radius 2 is 2.20 bits per heavy atom. The Kier molecular flexibility index (Phi) is 3.06. The molecule has 0 saturated heterocycles. The van der Waals surface area contributed by atoms with E-state index in [4.69, 9.17) is 17.0 Å². The van der Waals surface area contributed by atoms with Crippen molar-refractivity contribution in [2.24, 2.45) is 12.5 Å². The summed E-state index contributed by atoms with van der Waals surface area (Å²) >= 11 is 5.53. The van der Waals surface area contributed by atoms with Crippen molar-refractivity contribution in [3.05, 3.63) is 10.5 Å². The van der Waals surface area contributed by atoms with Crippen LogP contribution in [0.2, 0.25) is 0 Å². The van der Waals surface area contributed by atoms with Crippen LogP contribution in [-0.2, 0) is 11.8 Å². The van der Waals surface area contributed by atoms with Gasteiger partial charge in [0.15, 0.2) is 10.4 Å². The van der Waals surface area contributed by atoms with Crippen LogP contribution in [0.1, 0.15) is 38.9 Å². The van der Waals surface area contributed by atoms with Crippen molar-refractivity contribution in [3.63, 3.8) is 0 Å². The second-order valence-corrected chi connectivity index (χ2v) is 6.61. The standard InChI is InChI=1S/C14H22N4OS/c1-6-19-10-7-9(14(10,3)4)18-12-11(15-13(18)20)8(2)16-17(12)5/h9-10H,6-7H2,1-5H3,(H,15,20). The fourth-order valence-corrected chi connectivity index (χ4v) is 3.72. The van der Waals surface area contributed by atoms with Gasteiger partial charge in [-0.3, -0.25) is 9.25 Å². The number of aromatic nitrogens is 4. The van der Waals surface area contributed by atoms with E-state index in [0.29, 0.717) is 12.1 Å². The van der Waals surface area contributed by atoms with Crippen LogP contribution in [0.5, 0.6) is 0 Å². The predicted molar refractivity (Wildman–Crippen MR) is 81.5 cm³/mol. The number of H-pyrrole nitrogens is 1. The Morgan fingerprint density at radius 3 is 2.80 bits per heavy atom. The SMILES string of the molecule is CCOC1CC(n2c(=S)[nH]c3c(C)nn(C)c32)C1(C)C. The number of aryl methyl sites for hydroxylation is 2. The average molecular weight is 294 g/mol. The molecule has 110 valence electrons. The van der Waals surface area contributed by atoms with Gasteiger partial charge < -0.3 is 9.72 Å². The minimum atomic E-state index is 0.0849. The van der Waals surface area contributed by atoms with E-state index >= 15 is 0 Å². The Balaban J connectivity index is 2.08. The molecule has 1 aliphatic rings. The Morgan fingerprint density at radius 1 is 1.50 bits per heavy atom. The van der Waals surface area contributed by atoms with Crippen molar-refractivity contribution in [3.8, 4) is 0 Å². The summed E-state index contributed by atoms with van der Waals surface area (Å²) in [5.41, 5.74) is 3.21. The monoisotopic (exact) mass is 294 g/mol. The van der Waals surface area contributed by atoms with E-state index in [1.807, 2.05) is 25.6 Å². The van der Waals surface area contributed by atoms with Crippen molar-refractivity contribution in [2.45, 2.75) is 46.3 Å². The Bertz CT molecular complexity index is 709. The number of nitrogens with one attached hydrogen (secondary N) is 1. The van der Waals surface area contributed by atoms with Crippen LogP contribution in [0.3, 0.4) is 0 Å². The molecule has 2 aromatic heterocycles. The normalized spacial score (nSPS) is 25.1. The molecular weight excluding hydrogens is 272 g/mol. The molecule has 0 aromatic carbocycles. The lowest BCUT2D eigenvalue weighted by molar-refractivity contribution is -0.127. The van der Waals surface area contributed by atoms with Crippen molar-refractivity contribution >= 4 is 23.4 Å². The first-order valence-electron chi connectivity index (χ1n) is 7.13. The highest BCUT2D eigenvalue weighted by Gasteiger charge is 2.50. The van der Waals surface area contributed by atoms with Gasteiger partial charge in [-0.1, -0.05) is 13.8 Å². The number of hydrogen-bond donors (Lipinski definition) is 1. The third-order valence-electron chi connectivity index (χ3n) is 4.68. The van der Waals surface area contributed by atoms with Gasteiger partial charge in [0, 0.05) is 25.1 Å². The van der Waals surface area contributed by atoms with E-state index < -0.39 is 0 Å². The lowest BCUT2D eigenvalue weighted by Crippen LogP contribution is -2.51. The first-order valence-corrected chi connectivity index (χ1v) is 7.54. The van der Waals surface area contributed by atoms with Crippen LogP contribution < -0.4 is 0 Å². The second-order valence-electron chi connectivity index (χ2n) is 6.22. The van der Waals surface area contributed by atoms with Gasteiger partial charge in [-0.15, -0.1) is 0 Å². The summed E-state index contributed by atoms with van der Waals surface area (Å²) in [5.74, 6) is 0. The number of hydrogen-bond acceptors (Lipinski definition) is 3. The molecule has 3 rings (SSSR count). The summed E-state index contributed by atoms with van der Waals surface area (Å²) in [7, 11) is 1.97. The van der Waals surface area contributed by atoms with Gasteiger partial charge in [0.2, 0.25) is 0 Å². The van der Waals surface area contributed by atoms with E-state index in [1.54, 1.807) is 0 Å². The van der Waals surface area contributed by atoms with Gasteiger partial charge in [-0.25, -0.2) is 0 Å². The fraction of sp³-hybridized carbons (Fsp3) is 0.714. The molecule has 0 radical (unpaired) electrons. The molecule has 6 heteroatoms. The molecule has 1 N–H and O–H groups in total. The molecule has 2 unspecified atom stereocenters. The summed E-state index contributed by atoms with van der Waals surface area (Å²) in [6.45, 7) is 9.33. The molecule has 1 fully saturated rings. The van der Waals surface area contributed by atoms with Crippen LogP contribution in [0.25, 0.3) is 11.2 Å². The average Bonchev–Trinajstić information content (AvgIpc) is 2.83. The maximum absolute atomic E-state index is 5.83. The van der Waals surface area contributed by atoms with E-state index in [9.17, 15) is 0 Å². The molecule has 0 spiro atoms. The van der Waals surface area contributed by atoms with Crippen LogP contribution in [-0.4, -0.2) is 32.0 Å². The summed E-state index contributed by atoms with van der Waals surface area (Å²) in [4.78, 5) is 3.30. The minimum absolute atomic E-state index is 0.0849. The molecule has 5 nitrogen and oxygen atoms in total. The van der Waals surface area contributed by atoms with Crippen molar-refractivity contribution < 1.29 is 4.74 Å². The first kappa shape index (κ1) is 13.8. The number of aromatic amines is 1. The lowest BCUT2D eigenvalue weighted by Gasteiger charge is -2.51. The maximum atomic E-state index is 5.83. The second kappa shape index (κ2) is 4.43. The van der Waals surface area contributed by atoms with Crippen molar-refractivity contribution in [1.29, 1.82) is 0 Å². The molecule has 2 heterocycles. The minimum Gasteiger partial charge on any atom is -0.378 e.